The summed E-state index contributed by atoms with van der Waals surface area (Å²) in [5.41, 5.74) is -1.18. The summed E-state index contributed by atoms with van der Waals surface area (Å²) in [6.07, 6.45) is -4.40. The van der Waals surface area contributed by atoms with Crippen LogP contribution in [0.4, 0.5) is 17.6 Å². The summed E-state index contributed by atoms with van der Waals surface area (Å²) in [7, 11) is -1.74. The van der Waals surface area contributed by atoms with Crippen molar-refractivity contribution in [3.05, 3.63) is 35.1 Å². The average Bonchev–Trinajstić information content (AvgIpc) is 2.71. The van der Waals surface area contributed by atoms with Crippen molar-refractivity contribution in [3.8, 4) is 0 Å². The van der Waals surface area contributed by atoms with Crippen molar-refractivity contribution in [2.75, 3.05) is 18.6 Å². The fraction of sp³-hybridized carbons (Fsp3) is 0.538. The second-order valence-electron chi connectivity index (χ2n) is 5.16. The van der Waals surface area contributed by atoms with Gasteiger partial charge in [-0.2, -0.15) is 13.2 Å². The third-order valence-corrected chi connectivity index (χ3v) is 5.50. The van der Waals surface area contributed by atoms with Gasteiger partial charge in [0.15, 0.2) is 9.84 Å². The number of hydrogen-bond donors (Lipinski definition) is 1. The highest BCUT2D eigenvalue weighted by atomic mass is 32.2. The fourth-order valence-electron chi connectivity index (χ4n) is 2.78. The monoisotopic (exact) mass is 325 g/mol. The van der Waals surface area contributed by atoms with E-state index in [0.717, 1.165) is 12.1 Å². The normalized spacial score (nSPS) is 23.2. The third kappa shape index (κ3) is 3.55. The van der Waals surface area contributed by atoms with Gasteiger partial charge < -0.3 is 5.32 Å². The van der Waals surface area contributed by atoms with Crippen LogP contribution in [-0.2, 0) is 16.0 Å². The van der Waals surface area contributed by atoms with Crippen molar-refractivity contribution in [1.82, 2.24) is 5.32 Å². The Morgan fingerprint density at radius 1 is 1.33 bits per heavy atom. The zero-order valence-corrected chi connectivity index (χ0v) is 12.1. The fourth-order valence-corrected chi connectivity index (χ4v) is 4.62. The lowest BCUT2D eigenvalue weighted by Gasteiger charge is -2.25. The van der Waals surface area contributed by atoms with Gasteiger partial charge in [-0.25, -0.2) is 12.8 Å². The number of rotatable bonds is 3. The molecule has 1 aliphatic rings. The lowest BCUT2D eigenvalue weighted by Crippen LogP contribution is -2.28. The van der Waals surface area contributed by atoms with Crippen molar-refractivity contribution < 1.29 is 26.0 Å². The summed E-state index contributed by atoms with van der Waals surface area (Å²) in [5, 5.41) is 2.74. The van der Waals surface area contributed by atoms with E-state index in [4.69, 9.17) is 0 Å². The van der Waals surface area contributed by atoms with E-state index < -0.39 is 39.4 Å². The van der Waals surface area contributed by atoms with Gasteiger partial charge in [0, 0.05) is 6.04 Å². The first kappa shape index (κ1) is 16.2. The molecule has 2 unspecified atom stereocenters. The van der Waals surface area contributed by atoms with Crippen LogP contribution in [-0.4, -0.2) is 27.0 Å². The van der Waals surface area contributed by atoms with Crippen LogP contribution in [0.15, 0.2) is 18.2 Å². The maximum atomic E-state index is 13.1. The number of hydrogen-bond acceptors (Lipinski definition) is 3. The van der Waals surface area contributed by atoms with E-state index in [1.165, 1.54) is 7.05 Å². The largest absolute Gasteiger partial charge is 0.416 e. The van der Waals surface area contributed by atoms with Gasteiger partial charge in [0.2, 0.25) is 0 Å². The lowest BCUT2D eigenvalue weighted by molar-refractivity contribution is -0.138. The Bertz CT molecular complexity index is 628. The third-order valence-electron chi connectivity index (χ3n) is 3.71. The van der Waals surface area contributed by atoms with Crippen LogP contribution < -0.4 is 5.32 Å². The highest BCUT2D eigenvalue weighted by molar-refractivity contribution is 7.91. The number of benzene rings is 1. The summed E-state index contributed by atoms with van der Waals surface area (Å²) in [6.45, 7) is 0. The van der Waals surface area contributed by atoms with Gasteiger partial charge in [-0.1, -0.05) is 6.07 Å². The molecular weight excluding hydrogens is 310 g/mol. The van der Waals surface area contributed by atoms with E-state index in [2.05, 4.69) is 5.32 Å². The quantitative estimate of drug-likeness (QED) is 0.869. The topological polar surface area (TPSA) is 46.2 Å². The molecule has 1 N–H and O–H groups in total. The van der Waals surface area contributed by atoms with Crippen LogP contribution in [0.1, 0.15) is 23.6 Å². The minimum absolute atomic E-state index is 0.0294. The SMILES string of the molecule is CNC(c1ccc(F)cc1C(F)(F)F)C1CCS(=O)(=O)C1. The van der Waals surface area contributed by atoms with Gasteiger partial charge in [-0.15, -0.1) is 0 Å². The van der Waals surface area contributed by atoms with E-state index in [0.29, 0.717) is 12.5 Å². The number of halogens is 4. The molecule has 1 saturated heterocycles. The first-order valence-electron chi connectivity index (χ1n) is 6.38. The molecule has 3 nitrogen and oxygen atoms in total. The van der Waals surface area contributed by atoms with Crippen molar-refractivity contribution in [1.29, 1.82) is 0 Å². The Kier molecular flexibility index (Phi) is 4.30. The van der Waals surface area contributed by atoms with Gasteiger partial charge in [-0.3, -0.25) is 0 Å². The summed E-state index contributed by atoms with van der Waals surface area (Å²) >= 11 is 0. The average molecular weight is 325 g/mol. The van der Waals surface area contributed by atoms with Crippen LogP contribution >= 0.6 is 0 Å². The molecule has 0 amide bonds. The van der Waals surface area contributed by atoms with E-state index in [1.54, 1.807) is 0 Å². The highest BCUT2D eigenvalue weighted by Crippen LogP contribution is 2.39. The van der Waals surface area contributed by atoms with Crippen molar-refractivity contribution >= 4 is 9.84 Å². The number of alkyl halides is 3. The molecule has 8 heteroatoms. The summed E-state index contributed by atoms with van der Waals surface area (Å²) in [5.74, 6) is -1.61. The molecule has 0 bridgehead atoms. The van der Waals surface area contributed by atoms with Crippen LogP contribution in [0.5, 0.6) is 0 Å². The van der Waals surface area contributed by atoms with E-state index >= 15 is 0 Å². The van der Waals surface area contributed by atoms with Gasteiger partial charge in [-0.05, 0) is 37.1 Å². The van der Waals surface area contributed by atoms with E-state index in [-0.39, 0.29) is 17.1 Å². The molecule has 2 atom stereocenters. The van der Waals surface area contributed by atoms with Crippen molar-refractivity contribution in [2.45, 2.75) is 18.6 Å². The predicted molar refractivity (Wildman–Crippen MR) is 70.0 cm³/mol. The Hall–Kier alpha value is -1.15. The van der Waals surface area contributed by atoms with Crippen LogP contribution in [0.3, 0.4) is 0 Å². The molecule has 1 heterocycles. The molecule has 21 heavy (non-hydrogen) atoms. The Balaban J connectivity index is 2.44. The molecule has 0 saturated carbocycles. The molecule has 0 aliphatic carbocycles. The van der Waals surface area contributed by atoms with Gasteiger partial charge in [0.25, 0.3) is 0 Å². The maximum absolute atomic E-state index is 13.1. The summed E-state index contributed by atoms with van der Waals surface area (Å²) in [4.78, 5) is 0. The zero-order valence-electron chi connectivity index (χ0n) is 11.2. The van der Waals surface area contributed by atoms with Gasteiger partial charge in [0.05, 0.1) is 17.1 Å². The van der Waals surface area contributed by atoms with Crippen molar-refractivity contribution in [3.63, 3.8) is 0 Å². The summed E-state index contributed by atoms with van der Waals surface area (Å²) in [6, 6.07) is 1.70. The first-order chi connectivity index (χ1) is 9.64. The molecule has 118 valence electrons. The van der Waals surface area contributed by atoms with Gasteiger partial charge >= 0.3 is 6.18 Å². The number of nitrogens with one attached hydrogen (secondary N) is 1. The minimum atomic E-state index is -4.69. The van der Waals surface area contributed by atoms with E-state index in [1.807, 2.05) is 0 Å². The highest BCUT2D eigenvalue weighted by Gasteiger charge is 2.40. The lowest BCUT2D eigenvalue weighted by atomic mass is 9.89. The molecule has 0 aromatic heterocycles. The molecule has 0 radical (unpaired) electrons. The Labute approximate surface area is 120 Å². The molecule has 0 spiro atoms. The van der Waals surface area contributed by atoms with Crippen molar-refractivity contribution in [2.24, 2.45) is 5.92 Å². The molecule has 1 aliphatic heterocycles. The first-order valence-corrected chi connectivity index (χ1v) is 8.20. The van der Waals surface area contributed by atoms with Crippen LogP contribution in [0.25, 0.3) is 0 Å². The molecule has 2 rings (SSSR count). The zero-order chi connectivity index (χ0) is 15.8. The maximum Gasteiger partial charge on any atom is 0.416 e. The molecule has 1 fully saturated rings. The summed E-state index contributed by atoms with van der Waals surface area (Å²) < 4.78 is 75.3. The smallest absolute Gasteiger partial charge is 0.313 e. The Morgan fingerprint density at radius 3 is 2.48 bits per heavy atom. The second kappa shape index (κ2) is 5.57. The van der Waals surface area contributed by atoms with Crippen LogP contribution in [0, 0.1) is 11.7 Å². The predicted octanol–water partition coefficient (Wildman–Crippen LogP) is 2.54. The second-order valence-corrected chi connectivity index (χ2v) is 7.39. The molecular formula is C13H15F4NO2S. The molecule has 1 aromatic rings. The molecule has 1 aromatic carbocycles. The Morgan fingerprint density at radius 2 is 2.00 bits per heavy atom. The van der Waals surface area contributed by atoms with E-state index in [9.17, 15) is 26.0 Å². The van der Waals surface area contributed by atoms with Crippen LogP contribution in [0.2, 0.25) is 0 Å². The minimum Gasteiger partial charge on any atom is -0.313 e. The van der Waals surface area contributed by atoms with Gasteiger partial charge in [0.1, 0.15) is 5.82 Å². The standard InChI is InChI=1S/C13H15F4NO2S/c1-18-12(8-4-5-21(19,20)7-8)10-3-2-9(14)6-11(10)13(15,16)17/h2-3,6,8,12,18H,4-5,7H2,1H3. The number of sulfone groups is 1.